The van der Waals surface area contributed by atoms with Crippen molar-refractivity contribution in [3.8, 4) is 0 Å². The number of likely N-dealkylation sites (tertiary alicyclic amines) is 2. The predicted octanol–water partition coefficient (Wildman–Crippen LogP) is 2.18. The Morgan fingerprint density at radius 2 is 1.79 bits per heavy atom. The van der Waals surface area contributed by atoms with Gasteiger partial charge in [0.05, 0.1) is 0 Å². The van der Waals surface area contributed by atoms with Crippen LogP contribution in [-0.2, 0) is 0 Å². The Balaban J connectivity index is 1.81. The van der Waals surface area contributed by atoms with Crippen LogP contribution in [0.1, 0.15) is 46.0 Å². The van der Waals surface area contributed by atoms with E-state index in [0.29, 0.717) is 0 Å². The Hall–Kier alpha value is -0.120. The van der Waals surface area contributed by atoms with Crippen molar-refractivity contribution in [2.75, 3.05) is 39.8 Å². The van der Waals surface area contributed by atoms with Gasteiger partial charge in [-0.05, 0) is 58.3 Å². The smallest absolute Gasteiger partial charge is 0.0223 e. The Labute approximate surface area is 119 Å². The number of piperidine rings is 2. The van der Waals surface area contributed by atoms with Crippen molar-refractivity contribution in [3.63, 3.8) is 0 Å². The number of rotatable bonds is 5. The van der Waals surface area contributed by atoms with Gasteiger partial charge in [0, 0.05) is 25.2 Å². The molecule has 0 aliphatic carbocycles. The molecule has 0 aromatic rings. The molecule has 1 N–H and O–H groups in total. The minimum atomic E-state index is 0.792. The van der Waals surface area contributed by atoms with E-state index < -0.39 is 0 Å². The molecule has 2 rings (SSSR count). The van der Waals surface area contributed by atoms with Gasteiger partial charge in [0.1, 0.15) is 0 Å². The molecule has 2 heterocycles. The third-order valence-corrected chi connectivity index (χ3v) is 4.76. The first-order valence-corrected chi connectivity index (χ1v) is 8.33. The molecule has 3 heteroatoms. The summed E-state index contributed by atoms with van der Waals surface area (Å²) in [5.41, 5.74) is 0. The van der Waals surface area contributed by atoms with Crippen LogP contribution < -0.4 is 5.32 Å². The summed E-state index contributed by atoms with van der Waals surface area (Å²) in [6, 6.07) is 1.64. The Morgan fingerprint density at radius 3 is 2.42 bits per heavy atom. The fourth-order valence-electron chi connectivity index (χ4n) is 3.91. The van der Waals surface area contributed by atoms with E-state index in [4.69, 9.17) is 0 Å². The fourth-order valence-corrected chi connectivity index (χ4v) is 3.91. The molecule has 0 saturated carbocycles. The van der Waals surface area contributed by atoms with Crippen molar-refractivity contribution in [2.45, 2.75) is 58.0 Å². The van der Waals surface area contributed by atoms with Gasteiger partial charge in [-0.3, -0.25) is 4.90 Å². The Morgan fingerprint density at radius 1 is 1.05 bits per heavy atom. The normalized spacial score (nSPS) is 28.1. The van der Waals surface area contributed by atoms with Crippen molar-refractivity contribution < 1.29 is 0 Å². The molecule has 0 radical (unpaired) electrons. The zero-order chi connectivity index (χ0) is 13.7. The van der Waals surface area contributed by atoms with Gasteiger partial charge in [-0.15, -0.1) is 0 Å². The second-order valence-electron chi connectivity index (χ2n) is 6.87. The van der Waals surface area contributed by atoms with Crippen molar-refractivity contribution in [1.82, 2.24) is 15.1 Å². The molecule has 112 valence electrons. The van der Waals surface area contributed by atoms with Crippen molar-refractivity contribution >= 4 is 0 Å². The van der Waals surface area contributed by atoms with Crippen LogP contribution in [0, 0.1) is 5.92 Å². The van der Waals surface area contributed by atoms with E-state index in [-0.39, 0.29) is 0 Å². The van der Waals surface area contributed by atoms with Crippen molar-refractivity contribution in [1.29, 1.82) is 0 Å². The first kappa shape index (κ1) is 15.3. The lowest BCUT2D eigenvalue weighted by molar-refractivity contribution is 0.0483. The minimum Gasteiger partial charge on any atom is -0.318 e. The van der Waals surface area contributed by atoms with Crippen LogP contribution in [0.25, 0.3) is 0 Å². The summed E-state index contributed by atoms with van der Waals surface area (Å²) in [6.07, 6.45) is 6.99. The minimum absolute atomic E-state index is 0.792. The lowest BCUT2D eigenvalue weighted by Gasteiger charge is -2.45. The number of likely N-dealkylation sites (N-methyl/N-ethyl adjacent to an activating group) is 1. The molecule has 0 aromatic carbocycles. The van der Waals surface area contributed by atoms with E-state index >= 15 is 0 Å². The second kappa shape index (κ2) is 7.61. The SMILES string of the molecule is CNCC1CCCCN1C1CCN(CC(C)C)CC1. The Bertz CT molecular complexity index is 244. The first-order chi connectivity index (χ1) is 9.20. The molecule has 0 aromatic heterocycles. The summed E-state index contributed by atoms with van der Waals surface area (Å²) in [6.45, 7) is 11.1. The van der Waals surface area contributed by atoms with E-state index in [1.54, 1.807) is 0 Å². The third kappa shape index (κ3) is 4.44. The third-order valence-electron chi connectivity index (χ3n) is 4.76. The summed E-state index contributed by atoms with van der Waals surface area (Å²) in [5.74, 6) is 0.809. The Kier molecular flexibility index (Phi) is 6.11. The van der Waals surface area contributed by atoms with E-state index in [2.05, 4.69) is 36.0 Å². The highest BCUT2D eigenvalue weighted by molar-refractivity contribution is 4.87. The quantitative estimate of drug-likeness (QED) is 0.824. The molecule has 19 heavy (non-hydrogen) atoms. The zero-order valence-electron chi connectivity index (χ0n) is 13.2. The van der Waals surface area contributed by atoms with Crippen LogP contribution in [0.2, 0.25) is 0 Å². The molecular weight excluding hydrogens is 234 g/mol. The number of nitrogens with one attached hydrogen (secondary N) is 1. The summed E-state index contributed by atoms with van der Waals surface area (Å²) in [4.78, 5) is 5.49. The zero-order valence-corrected chi connectivity index (χ0v) is 13.2. The molecule has 0 spiro atoms. The van der Waals surface area contributed by atoms with Crippen LogP contribution in [0.3, 0.4) is 0 Å². The number of nitrogens with zero attached hydrogens (tertiary/aromatic N) is 2. The maximum absolute atomic E-state index is 3.39. The molecule has 0 amide bonds. The van der Waals surface area contributed by atoms with E-state index in [1.165, 1.54) is 64.8 Å². The molecule has 2 aliphatic rings. The highest BCUT2D eigenvalue weighted by atomic mass is 15.2. The average Bonchev–Trinajstić information content (AvgIpc) is 2.40. The van der Waals surface area contributed by atoms with E-state index in [9.17, 15) is 0 Å². The number of hydrogen-bond donors (Lipinski definition) is 1. The topological polar surface area (TPSA) is 18.5 Å². The molecular formula is C16H33N3. The van der Waals surface area contributed by atoms with Gasteiger partial charge in [0.25, 0.3) is 0 Å². The largest absolute Gasteiger partial charge is 0.318 e. The fraction of sp³-hybridized carbons (Fsp3) is 1.00. The lowest BCUT2D eigenvalue weighted by atomic mass is 9.94. The summed E-state index contributed by atoms with van der Waals surface area (Å²) < 4.78 is 0. The van der Waals surface area contributed by atoms with Gasteiger partial charge in [-0.25, -0.2) is 0 Å². The first-order valence-electron chi connectivity index (χ1n) is 8.33. The molecule has 2 aliphatic heterocycles. The van der Waals surface area contributed by atoms with Crippen LogP contribution in [-0.4, -0.2) is 61.7 Å². The van der Waals surface area contributed by atoms with Gasteiger partial charge in [-0.2, -0.15) is 0 Å². The van der Waals surface area contributed by atoms with Crippen molar-refractivity contribution in [3.05, 3.63) is 0 Å². The summed E-state index contributed by atoms with van der Waals surface area (Å²) >= 11 is 0. The molecule has 0 bridgehead atoms. The molecule has 1 atom stereocenters. The number of hydrogen-bond acceptors (Lipinski definition) is 3. The van der Waals surface area contributed by atoms with Gasteiger partial charge in [0.15, 0.2) is 0 Å². The summed E-state index contributed by atoms with van der Waals surface area (Å²) in [5, 5.41) is 3.39. The molecule has 1 unspecified atom stereocenters. The highest BCUT2D eigenvalue weighted by Gasteiger charge is 2.30. The molecule has 2 fully saturated rings. The summed E-state index contributed by atoms with van der Waals surface area (Å²) in [7, 11) is 2.10. The standard InChI is InChI=1S/C16H33N3/c1-14(2)13-18-10-7-15(8-11-18)19-9-5-4-6-16(19)12-17-3/h14-17H,4-13H2,1-3H3. The van der Waals surface area contributed by atoms with E-state index in [0.717, 1.165) is 18.0 Å². The van der Waals surface area contributed by atoms with Gasteiger partial charge >= 0.3 is 0 Å². The maximum Gasteiger partial charge on any atom is 0.0223 e. The molecule has 3 nitrogen and oxygen atoms in total. The van der Waals surface area contributed by atoms with Crippen LogP contribution >= 0.6 is 0 Å². The van der Waals surface area contributed by atoms with E-state index in [1.807, 2.05) is 0 Å². The van der Waals surface area contributed by atoms with Gasteiger partial charge in [0.2, 0.25) is 0 Å². The van der Waals surface area contributed by atoms with Crippen LogP contribution in [0.5, 0.6) is 0 Å². The van der Waals surface area contributed by atoms with Crippen molar-refractivity contribution in [2.24, 2.45) is 5.92 Å². The lowest BCUT2D eigenvalue weighted by Crippen LogP contribution is -2.53. The van der Waals surface area contributed by atoms with Crippen LogP contribution in [0.4, 0.5) is 0 Å². The monoisotopic (exact) mass is 267 g/mol. The highest BCUT2D eigenvalue weighted by Crippen LogP contribution is 2.25. The van der Waals surface area contributed by atoms with Gasteiger partial charge < -0.3 is 10.2 Å². The second-order valence-corrected chi connectivity index (χ2v) is 6.87. The predicted molar refractivity (Wildman–Crippen MR) is 82.6 cm³/mol. The van der Waals surface area contributed by atoms with Gasteiger partial charge in [-0.1, -0.05) is 20.3 Å². The van der Waals surface area contributed by atoms with Crippen LogP contribution in [0.15, 0.2) is 0 Å². The average molecular weight is 267 g/mol. The molecule has 2 saturated heterocycles. The maximum atomic E-state index is 3.39.